The SMILES string of the molecule is O=C(O)C[C@@H]1CN(Cc2cn[nH]c2C2CCCCC2)C[C@@H]1c1cn[nH]n1. The summed E-state index contributed by atoms with van der Waals surface area (Å²) in [7, 11) is 0. The molecule has 8 nitrogen and oxygen atoms in total. The van der Waals surface area contributed by atoms with Crippen molar-refractivity contribution in [1.82, 2.24) is 30.5 Å². The van der Waals surface area contributed by atoms with Gasteiger partial charge in [0.15, 0.2) is 0 Å². The molecule has 0 spiro atoms. The second kappa shape index (κ2) is 7.57. The van der Waals surface area contributed by atoms with Crippen LogP contribution in [0.1, 0.15) is 67.3 Å². The Balaban J connectivity index is 1.47. The number of H-pyrrole nitrogens is 2. The third kappa shape index (κ3) is 3.65. The van der Waals surface area contributed by atoms with E-state index in [9.17, 15) is 9.90 Å². The molecule has 0 aromatic carbocycles. The summed E-state index contributed by atoms with van der Waals surface area (Å²) in [5.74, 6) is -0.000860. The Hall–Kier alpha value is -2.22. The zero-order valence-electron chi connectivity index (χ0n) is 14.9. The van der Waals surface area contributed by atoms with Gasteiger partial charge in [0, 0.05) is 42.7 Å². The van der Waals surface area contributed by atoms with E-state index in [1.807, 2.05) is 6.20 Å². The van der Waals surface area contributed by atoms with Crippen molar-refractivity contribution < 1.29 is 9.90 Å². The molecule has 2 aromatic rings. The summed E-state index contributed by atoms with van der Waals surface area (Å²) < 4.78 is 0. The van der Waals surface area contributed by atoms with Crippen LogP contribution in [-0.2, 0) is 11.3 Å². The van der Waals surface area contributed by atoms with Crippen molar-refractivity contribution in [3.05, 3.63) is 29.3 Å². The van der Waals surface area contributed by atoms with Crippen molar-refractivity contribution >= 4 is 5.97 Å². The van der Waals surface area contributed by atoms with E-state index >= 15 is 0 Å². The van der Waals surface area contributed by atoms with Gasteiger partial charge in [-0.2, -0.15) is 20.5 Å². The van der Waals surface area contributed by atoms with Gasteiger partial charge in [0.2, 0.25) is 0 Å². The molecule has 2 fully saturated rings. The maximum atomic E-state index is 11.3. The monoisotopic (exact) mass is 358 g/mol. The minimum absolute atomic E-state index is 0.0580. The number of rotatable bonds is 6. The van der Waals surface area contributed by atoms with E-state index in [0.717, 1.165) is 25.3 Å². The van der Waals surface area contributed by atoms with Crippen molar-refractivity contribution in [1.29, 1.82) is 0 Å². The molecular weight excluding hydrogens is 332 g/mol. The van der Waals surface area contributed by atoms with Gasteiger partial charge in [-0.1, -0.05) is 19.3 Å². The Bertz CT molecular complexity index is 722. The van der Waals surface area contributed by atoms with Gasteiger partial charge in [-0.25, -0.2) is 0 Å². The summed E-state index contributed by atoms with van der Waals surface area (Å²) in [4.78, 5) is 13.6. The molecule has 1 aliphatic carbocycles. The number of carbonyl (C=O) groups is 1. The van der Waals surface area contributed by atoms with E-state index in [4.69, 9.17) is 0 Å². The first-order valence-electron chi connectivity index (χ1n) is 9.52. The van der Waals surface area contributed by atoms with Gasteiger partial charge < -0.3 is 5.11 Å². The van der Waals surface area contributed by atoms with Crippen LogP contribution in [0.5, 0.6) is 0 Å². The lowest BCUT2D eigenvalue weighted by Crippen LogP contribution is -2.22. The number of hydrogen-bond donors (Lipinski definition) is 3. The molecule has 1 saturated carbocycles. The van der Waals surface area contributed by atoms with Crippen LogP contribution >= 0.6 is 0 Å². The third-order valence-corrected chi connectivity index (χ3v) is 5.93. The Morgan fingerprint density at radius 1 is 1.19 bits per heavy atom. The standard InChI is InChI=1S/C18H26N6O2/c25-17(26)6-13-9-24(11-15(13)16-8-20-23-21-16)10-14-7-19-22-18(14)12-4-2-1-3-5-12/h7-8,12-13,15H,1-6,9-11H2,(H,19,22)(H,25,26)(H,20,21,23)/t13-,15+/m1/s1. The summed E-state index contributed by atoms with van der Waals surface area (Å²) in [6, 6.07) is 0. The van der Waals surface area contributed by atoms with E-state index in [1.54, 1.807) is 6.20 Å². The van der Waals surface area contributed by atoms with Crippen LogP contribution in [0.4, 0.5) is 0 Å². The molecule has 140 valence electrons. The fourth-order valence-electron chi connectivity index (χ4n) is 4.68. The number of aromatic nitrogens is 5. The van der Waals surface area contributed by atoms with Crippen molar-refractivity contribution in [2.75, 3.05) is 13.1 Å². The molecule has 2 atom stereocenters. The number of aromatic amines is 2. The number of carboxylic acids is 1. The minimum Gasteiger partial charge on any atom is -0.481 e. The smallest absolute Gasteiger partial charge is 0.303 e. The maximum Gasteiger partial charge on any atom is 0.303 e. The van der Waals surface area contributed by atoms with Crippen LogP contribution in [-0.4, -0.2) is 54.7 Å². The molecule has 8 heteroatoms. The molecule has 1 saturated heterocycles. The highest BCUT2D eigenvalue weighted by Crippen LogP contribution is 2.37. The molecule has 3 heterocycles. The summed E-state index contributed by atoms with van der Waals surface area (Å²) in [6.07, 6.45) is 10.2. The second-order valence-corrected chi connectivity index (χ2v) is 7.70. The number of likely N-dealkylation sites (tertiary alicyclic amines) is 1. The number of hydrogen-bond acceptors (Lipinski definition) is 5. The average molecular weight is 358 g/mol. The Labute approximate surface area is 152 Å². The molecule has 0 unspecified atom stereocenters. The highest BCUT2D eigenvalue weighted by atomic mass is 16.4. The molecule has 0 bridgehead atoms. The van der Waals surface area contributed by atoms with Gasteiger partial charge in [0.05, 0.1) is 24.5 Å². The second-order valence-electron chi connectivity index (χ2n) is 7.70. The predicted molar refractivity (Wildman–Crippen MR) is 94.6 cm³/mol. The number of carboxylic acid groups (broad SMARTS) is 1. The first kappa shape index (κ1) is 17.2. The molecular formula is C18H26N6O2. The van der Waals surface area contributed by atoms with Crippen LogP contribution in [0.15, 0.2) is 12.4 Å². The van der Waals surface area contributed by atoms with Crippen molar-refractivity contribution in [2.24, 2.45) is 5.92 Å². The zero-order chi connectivity index (χ0) is 17.9. The Kier molecular flexibility index (Phi) is 5.01. The Morgan fingerprint density at radius 3 is 2.77 bits per heavy atom. The van der Waals surface area contributed by atoms with Crippen LogP contribution in [0.2, 0.25) is 0 Å². The summed E-state index contributed by atoms with van der Waals surface area (Å²) in [5.41, 5.74) is 3.40. The minimum atomic E-state index is -0.753. The van der Waals surface area contributed by atoms with Crippen LogP contribution < -0.4 is 0 Å². The van der Waals surface area contributed by atoms with Gasteiger partial charge in [0.1, 0.15) is 0 Å². The molecule has 1 aliphatic heterocycles. The average Bonchev–Trinajstić information content (AvgIpc) is 3.36. The van der Waals surface area contributed by atoms with Crippen molar-refractivity contribution in [3.63, 3.8) is 0 Å². The molecule has 2 aliphatic rings. The summed E-state index contributed by atoms with van der Waals surface area (Å²) in [6.45, 7) is 2.38. The molecule has 3 N–H and O–H groups in total. The molecule has 26 heavy (non-hydrogen) atoms. The lowest BCUT2D eigenvalue weighted by Gasteiger charge is -2.23. The maximum absolute atomic E-state index is 11.3. The highest BCUT2D eigenvalue weighted by Gasteiger charge is 2.37. The first-order valence-corrected chi connectivity index (χ1v) is 9.52. The fraction of sp³-hybridized carbons (Fsp3) is 0.667. The molecule has 0 radical (unpaired) electrons. The van der Waals surface area contributed by atoms with E-state index in [2.05, 4.69) is 30.5 Å². The highest BCUT2D eigenvalue weighted by molar-refractivity contribution is 5.67. The van der Waals surface area contributed by atoms with Gasteiger partial charge >= 0.3 is 5.97 Å². The lowest BCUT2D eigenvalue weighted by atomic mass is 9.85. The largest absolute Gasteiger partial charge is 0.481 e. The van der Waals surface area contributed by atoms with Crippen LogP contribution in [0, 0.1) is 5.92 Å². The molecule has 4 rings (SSSR count). The number of aliphatic carboxylic acids is 1. The van der Waals surface area contributed by atoms with Crippen molar-refractivity contribution in [3.8, 4) is 0 Å². The number of nitrogens with zero attached hydrogens (tertiary/aromatic N) is 4. The zero-order valence-corrected chi connectivity index (χ0v) is 14.9. The quantitative estimate of drug-likeness (QED) is 0.730. The van der Waals surface area contributed by atoms with Gasteiger partial charge in [-0.3, -0.25) is 14.8 Å². The normalized spacial score (nSPS) is 24.9. The molecule has 0 amide bonds. The Morgan fingerprint density at radius 2 is 2.04 bits per heavy atom. The molecule has 2 aromatic heterocycles. The van der Waals surface area contributed by atoms with E-state index in [-0.39, 0.29) is 18.3 Å². The van der Waals surface area contributed by atoms with E-state index in [1.165, 1.54) is 43.4 Å². The lowest BCUT2D eigenvalue weighted by molar-refractivity contribution is -0.138. The topological polar surface area (TPSA) is 111 Å². The third-order valence-electron chi connectivity index (χ3n) is 5.93. The summed E-state index contributed by atoms with van der Waals surface area (Å²) >= 11 is 0. The van der Waals surface area contributed by atoms with Gasteiger partial charge in [-0.05, 0) is 18.8 Å². The van der Waals surface area contributed by atoms with Crippen molar-refractivity contribution in [2.45, 2.75) is 56.9 Å². The first-order chi connectivity index (χ1) is 12.7. The number of nitrogens with one attached hydrogen (secondary N) is 2. The van der Waals surface area contributed by atoms with E-state index < -0.39 is 5.97 Å². The van der Waals surface area contributed by atoms with E-state index in [0.29, 0.717) is 5.92 Å². The fourth-order valence-corrected chi connectivity index (χ4v) is 4.68. The van der Waals surface area contributed by atoms with Crippen LogP contribution in [0.3, 0.4) is 0 Å². The summed E-state index contributed by atoms with van der Waals surface area (Å²) in [5, 5.41) is 27.6. The predicted octanol–water partition coefficient (Wildman–Crippen LogP) is 2.27. The van der Waals surface area contributed by atoms with Crippen LogP contribution in [0.25, 0.3) is 0 Å². The van der Waals surface area contributed by atoms with Gasteiger partial charge in [0.25, 0.3) is 0 Å². The van der Waals surface area contributed by atoms with Gasteiger partial charge in [-0.15, -0.1) is 0 Å².